The number of phenols is 1. The summed E-state index contributed by atoms with van der Waals surface area (Å²) in [6, 6.07) is 10.8. The topological polar surface area (TPSA) is 89.9 Å². The van der Waals surface area contributed by atoms with Crippen molar-refractivity contribution in [1.82, 2.24) is 5.32 Å². The third kappa shape index (κ3) is 2.61. The molecule has 2 amide bonds. The Bertz CT molecular complexity index is 816. The summed E-state index contributed by atoms with van der Waals surface area (Å²) in [4.78, 5) is 26.3. The number of benzene rings is 2. The number of carbonyl (C=O) groups is 2. The molecule has 6 heteroatoms. The van der Waals surface area contributed by atoms with Gasteiger partial charge >= 0.3 is 0 Å². The molecule has 0 aliphatic carbocycles. The Balaban J connectivity index is 2.08. The molecule has 1 heterocycles. The van der Waals surface area contributed by atoms with Gasteiger partial charge in [0.2, 0.25) is 0 Å². The lowest BCUT2D eigenvalue weighted by atomic mass is 10.1. The Morgan fingerprint density at radius 3 is 2.58 bits per heavy atom. The van der Waals surface area contributed by atoms with Crippen molar-refractivity contribution in [3.63, 3.8) is 0 Å². The van der Waals surface area contributed by atoms with Gasteiger partial charge in [-0.3, -0.25) is 14.5 Å². The van der Waals surface area contributed by atoms with E-state index in [2.05, 4.69) is 5.32 Å². The zero-order chi connectivity index (χ0) is 17.4. The van der Waals surface area contributed by atoms with Crippen LogP contribution in [0.4, 0.5) is 5.69 Å². The maximum atomic E-state index is 12.7. The molecule has 3 N–H and O–H groups in total. The molecule has 6 nitrogen and oxygen atoms in total. The number of phenolic OH excluding ortho intramolecular Hbond substituents is 1. The molecule has 3 rings (SSSR count). The molecule has 1 aliphatic rings. The molecule has 0 unspecified atom stereocenters. The van der Waals surface area contributed by atoms with Crippen LogP contribution in [-0.4, -0.2) is 28.1 Å². The highest BCUT2D eigenvalue weighted by molar-refractivity contribution is 6.14. The van der Waals surface area contributed by atoms with Crippen molar-refractivity contribution in [3.8, 4) is 5.75 Å². The van der Waals surface area contributed by atoms with Gasteiger partial charge in [-0.15, -0.1) is 0 Å². The van der Waals surface area contributed by atoms with Crippen LogP contribution < -0.4 is 10.2 Å². The molecule has 124 valence electrons. The van der Waals surface area contributed by atoms with Gasteiger partial charge in [0.25, 0.3) is 11.8 Å². The van der Waals surface area contributed by atoms with Gasteiger partial charge in [0, 0.05) is 17.2 Å². The first-order chi connectivity index (χ1) is 11.4. The largest absolute Gasteiger partial charge is 0.508 e. The number of aromatic hydroxyl groups is 1. The summed E-state index contributed by atoms with van der Waals surface area (Å²) < 4.78 is 0. The van der Waals surface area contributed by atoms with Gasteiger partial charge in [-0.2, -0.15) is 0 Å². The molecule has 0 spiro atoms. The first-order valence-corrected chi connectivity index (χ1v) is 7.64. The lowest BCUT2D eigenvalue weighted by molar-refractivity contribution is 0.0931. The van der Waals surface area contributed by atoms with Crippen LogP contribution >= 0.6 is 0 Å². The standard InChI is InChI=1S/C18H18N2O4/c1-10(2)19-16(22)14-9-11(21)7-8-15(14)20-17(23)12-5-3-4-6-13(12)18(20)24/h3-10,17,21,23H,1-2H3,(H,19,22)/t17-/m1/s1. The molecule has 2 aromatic carbocycles. The highest BCUT2D eigenvalue weighted by Crippen LogP contribution is 2.38. The monoisotopic (exact) mass is 326 g/mol. The second-order valence-electron chi connectivity index (χ2n) is 5.97. The number of nitrogens with one attached hydrogen (secondary N) is 1. The average Bonchev–Trinajstić information content (AvgIpc) is 2.79. The van der Waals surface area contributed by atoms with E-state index in [1.807, 2.05) is 13.8 Å². The molecule has 0 radical (unpaired) electrons. The predicted octanol–water partition coefficient (Wildman–Crippen LogP) is 2.18. The SMILES string of the molecule is CC(C)NC(=O)c1cc(O)ccc1N1C(=O)c2ccccc2[C@H]1O. The fourth-order valence-electron chi connectivity index (χ4n) is 2.79. The van der Waals surface area contributed by atoms with E-state index in [4.69, 9.17) is 0 Å². The van der Waals surface area contributed by atoms with Crippen LogP contribution in [0.1, 0.15) is 46.4 Å². The number of hydrogen-bond acceptors (Lipinski definition) is 4. The average molecular weight is 326 g/mol. The van der Waals surface area contributed by atoms with Crippen molar-refractivity contribution in [2.24, 2.45) is 0 Å². The van der Waals surface area contributed by atoms with Crippen molar-refractivity contribution >= 4 is 17.5 Å². The fraction of sp³-hybridized carbons (Fsp3) is 0.222. The Morgan fingerprint density at radius 2 is 1.92 bits per heavy atom. The second-order valence-corrected chi connectivity index (χ2v) is 5.97. The molecular weight excluding hydrogens is 308 g/mol. The molecule has 0 saturated carbocycles. The zero-order valence-corrected chi connectivity index (χ0v) is 13.4. The molecule has 0 saturated heterocycles. The molecule has 1 atom stereocenters. The Hall–Kier alpha value is -2.86. The van der Waals surface area contributed by atoms with E-state index in [1.165, 1.54) is 23.1 Å². The molecular formula is C18H18N2O4. The van der Waals surface area contributed by atoms with Gasteiger partial charge < -0.3 is 15.5 Å². The van der Waals surface area contributed by atoms with Crippen LogP contribution in [0, 0.1) is 0 Å². The minimum absolute atomic E-state index is 0.0914. The minimum atomic E-state index is -1.18. The molecule has 24 heavy (non-hydrogen) atoms. The van der Waals surface area contributed by atoms with Crippen LogP contribution in [0.2, 0.25) is 0 Å². The summed E-state index contributed by atoms with van der Waals surface area (Å²) in [6.45, 7) is 3.62. The number of anilines is 1. The van der Waals surface area contributed by atoms with Gasteiger partial charge in [0.05, 0.1) is 11.3 Å². The number of amides is 2. The van der Waals surface area contributed by atoms with Gasteiger partial charge in [0.15, 0.2) is 6.23 Å². The lowest BCUT2D eigenvalue weighted by Gasteiger charge is -2.24. The van der Waals surface area contributed by atoms with E-state index in [1.54, 1.807) is 24.3 Å². The van der Waals surface area contributed by atoms with Gasteiger partial charge in [-0.25, -0.2) is 0 Å². The summed E-state index contributed by atoms with van der Waals surface area (Å²) in [7, 11) is 0. The molecule has 1 aliphatic heterocycles. The molecule has 0 bridgehead atoms. The van der Waals surface area contributed by atoms with Crippen LogP contribution in [0.25, 0.3) is 0 Å². The molecule has 0 fully saturated rings. The first-order valence-electron chi connectivity index (χ1n) is 7.64. The Labute approximate surface area is 139 Å². The number of aliphatic hydroxyl groups excluding tert-OH is 1. The zero-order valence-electron chi connectivity index (χ0n) is 13.4. The summed E-state index contributed by atoms with van der Waals surface area (Å²) in [5, 5.41) is 23.0. The van der Waals surface area contributed by atoms with E-state index < -0.39 is 12.1 Å². The van der Waals surface area contributed by atoms with Gasteiger partial charge in [-0.05, 0) is 38.1 Å². The molecule has 2 aromatic rings. The number of rotatable bonds is 3. The second kappa shape index (κ2) is 5.98. The predicted molar refractivity (Wildman–Crippen MR) is 88.9 cm³/mol. The number of carbonyl (C=O) groups excluding carboxylic acids is 2. The number of nitrogens with zero attached hydrogens (tertiary/aromatic N) is 1. The van der Waals surface area contributed by atoms with E-state index >= 15 is 0 Å². The highest BCUT2D eigenvalue weighted by Gasteiger charge is 2.38. The fourth-order valence-corrected chi connectivity index (χ4v) is 2.79. The maximum absolute atomic E-state index is 12.7. The molecule has 0 aromatic heterocycles. The van der Waals surface area contributed by atoms with Crippen LogP contribution in [0.5, 0.6) is 5.75 Å². The minimum Gasteiger partial charge on any atom is -0.508 e. The third-order valence-corrected chi connectivity index (χ3v) is 3.84. The van der Waals surface area contributed by atoms with Crippen molar-refractivity contribution in [3.05, 3.63) is 59.2 Å². The summed E-state index contributed by atoms with van der Waals surface area (Å²) in [5.74, 6) is -0.902. The lowest BCUT2D eigenvalue weighted by Crippen LogP contribution is -2.34. The highest BCUT2D eigenvalue weighted by atomic mass is 16.3. The van der Waals surface area contributed by atoms with E-state index in [9.17, 15) is 19.8 Å². The van der Waals surface area contributed by atoms with Crippen molar-refractivity contribution in [2.45, 2.75) is 26.1 Å². The normalized spacial score (nSPS) is 16.4. The summed E-state index contributed by atoms with van der Waals surface area (Å²) in [6.07, 6.45) is -1.18. The quantitative estimate of drug-likeness (QED) is 0.806. The van der Waals surface area contributed by atoms with Gasteiger partial charge in [0.1, 0.15) is 5.75 Å². The van der Waals surface area contributed by atoms with Crippen molar-refractivity contribution in [2.75, 3.05) is 4.90 Å². The van der Waals surface area contributed by atoms with Crippen molar-refractivity contribution in [1.29, 1.82) is 0 Å². The van der Waals surface area contributed by atoms with Crippen LogP contribution in [0.15, 0.2) is 42.5 Å². The smallest absolute Gasteiger partial charge is 0.261 e. The van der Waals surface area contributed by atoms with Crippen LogP contribution in [-0.2, 0) is 0 Å². The summed E-state index contributed by atoms with van der Waals surface area (Å²) >= 11 is 0. The number of fused-ring (bicyclic) bond motifs is 1. The van der Waals surface area contributed by atoms with E-state index in [0.29, 0.717) is 11.1 Å². The van der Waals surface area contributed by atoms with Gasteiger partial charge in [-0.1, -0.05) is 18.2 Å². The van der Waals surface area contributed by atoms with Crippen LogP contribution in [0.3, 0.4) is 0 Å². The first kappa shape index (κ1) is 16.0. The summed E-state index contributed by atoms with van der Waals surface area (Å²) in [5.41, 5.74) is 1.27. The third-order valence-electron chi connectivity index (χ3n) is 3.84. The Kier molecular flexibility index (Phi) is 3.99. The van der Waals surface area contributed by atoms with E-state index in [-0.39, 0.29) is 28.9 Å². The maximum Gasteiger partial charge on any atom is 0.261 e. The number of hydrogen-bond donors (Lipinski definition) is 3. The van der Waals surface area contributed by atoms with E-state index in [0.717, 1.165) is 0 Å². The van der Waals surface area contributed by atoms with Crippen molar-refractivity contribution < 1.29 is 19.8 Å². The Morgan fingerprint density at radius 1 is 1.21 bits per heavy atom. The number of aliphatic hydroxyl groups is 1.